The highest BCUT2D eigenvalue weighted by Gasteiger charge is 1.82. The van der Waals surface area contributed by atoms with Gasteiger partial charge in [-0.2, -0.15) is 0 Å². The summed E-state index contributed by atoms with van der Waals surface area (Å²) in [7, 11) is 0. The van der Waals surface area contributed by atoms with Crippen LogP contribution in [0, 0.1) is 6.92 Å². The molecule has 1 aromatic carbocycles. The Kier molecular flexibility index (Phi) is 5.09. The second-order valence-electron chi connectivity index (χ2n) is 1.98. The number of benzene rings is 1. The minimum atomic E-state index is 0.329. The average molecular weight is 166 g/mol. The van der Waals surface area contributed by atoms with E-state index in [4.69, 9.17) is 5.11 Å². The van der Waals surface area contributed by atoms with Crippen LogP contribution in [0.5, 0.6) is 5.75 Å². The quantitative estimate of drug-likeness (QED) is 0.597. The molecule has 11 heavy (non-hydrogen) atoms. The summed E-state index contributed by atoms with van der Waals surface area (Å²) in [5.74, 6) is 0.329. The maximum absolute atomic E-state index is 8.76. The SMILES string of the molecule is C=C=S.Cc1ccc(O)cc1. The fraction of sp³-hybridized carbons (Fsp3) is 0.111. The van der Waals surface area contributed by atoms with Gasteiger partial charge in [-0.05, 0) is 37.9 Å². The highest BCUT2D eigenvalue weighted by atomic mass is 32.1. The van der Waals surface area contributed by atoms with Crippen molar-refractivity contribution in [1.82, 2.24) is 0 Å². The van der Waals surface area contributed by atoms with Gasteiger partial charge >= 0.3 is 0 Å². The molecule has 1 N–H and O–H groups in total. The van der Waals surface area contributed by atoms with E-state index >= 15 is 0 Å². The van der Waals surface area contributed by atoms with Crippen LogP contribution >= 0.6 is 12.2 Å². The Morgan fingerprint density at radius 2 is 1.73 bits per heavy atom. The van der Waals surface area contributed by atoms with E-state index < -0.39 is 0 Å². The van der Waals surface area contributed by atoms with Crippen molar-refractivity contribution in [1.29, 1.82) is 0 Å². The van der Waals surface area contributed by atoms with Gasteiger partial charge in [-0.3, -0.25) is 0 Å². The van der Waals surface area contributed by atoms with Crippen molar-refractivity contribution in [2.45, 2.75) is 6.92 Å². The van der Waals surface area contributed by atoms with Crippen LogP contribution in [0.1, 0.15) is 5.56 Å². The molecule has 0 aliphatic carbocycles. The van der Waals surface area contributed by atoms with Gasteiger partial charge in [0, 0.05) is 0 Å². The first kappa shape index (κ1) is 9.89. The maximum atomic E-state index is 8.76. The van der Waals surface area contributed by atoms with Crippen LogP contribution in [0.15, 0.2) is 30.8 Å². The Hall–Kier alpha value is -1.11. The van der Waals surface area contributed by atoms with Crippen molar-refractivity contribution >= 4 is 17.2 Å². The number of aryl methyl sites for hydroxylation is 1. The summed E-state index contributed by atoms with van der Waals surface area (Å²) in [6.07, 6.45) is 0. The first-order valence-electron chi connectivity index (χ1n) is 3.10. The van der Waals surface area contributed by atoms with Gasteiger partial charge < -0.3 is 5.11 Å². The van der Waals surface area contributed by atoms with Crippen LogP contribution in [0.3, 0.4) is 0 Å². The molecule has 1 aromatic rings. The second kappa shape index (κ2) is 5.66. The zero-order chi connectivity index (χ0) is 8.69. The number of aromatic hydroxyl groups is 1. The Labute approximate surface area is 72.0 Å². The zero-order valence-electron chi connectivity index (χ0n) is 6.37. The fourth-order valence-corrected chi connectivity index (χ4v) is 0.545. The molecule has 1 nitrogen and oxygen atoms in total. The third kappa shape index (κ3) is 5.34. The third-order valence-corrected chi connectivity index (χ3v) is 1.03. The smallest absolute Gasteiger partial charge is 0.115 e. The Bertz CT molecular complexity index is 211. The molecule has 0 spiro atoms. The molecule has 0 unspecified atom stereocenters. The minimum Gasteiger partial charge on any atom is -0.508 e. The molecule has 0 atom stereocenters. The normalized spacial score (nSPS) is 7.36. The molecule has 0 aliphatic rings. The van der Waals surface area contributed by atoms with E-state index in [1.165, 1.54) is 5.56 Å². The number of phenolic OH excluding ortho intramolecular Hbond substituents is 1. The van der Waals surface area contributed by atoms with Gasteiger partial charge in [0.05, 0.1) is 0 Å². The summed E-state index contributed by atoms with van der Waals surface area (Å²) < 4.78 is 0. The summed E-state index contributed by atoms with van der Waals surface area (Å²) in [6.45, 7) is 5.04. The van der Waals surface area contributed by atoms with E-state index in [1.54, 1.807) is 12.1 Å². The van der Waals surface area contributed by atoms with E-state index in [0.717, 1.165) is 0 Å². The van der Waals surface area contributed by atoms with E-state index in [-0.39, 0.29) is 0 Å². The zero-order valence-corrected chi connectivity index (χ0v) is 7.19. The van der Waals surface area contributed by atoms with Crippen molar-refractivity contribution < 1.29 is 5.11 Å². The predicted molar refractivity (Wildman–Crippen MR) is 51.1 cm³/mol. The highest BCUT2D eigenvalue weighted by molar-refractivity contribution is 7.78. The first-order chi connectivity index (χ1) is 5.20. The third-order valence-electron chi connectivity index (χ3n) is 1.03. The highest BCUT2D eigenvalue weighted by Crippen LogP contribution is 2.07. The molecule has 2 heteroatoms. The molecule has 0 heterocycles. The number of thiocarbonyl (C=S) groups is 1. The van der Waals surface area contributed by atoms with Gasteiger partial charge in [0.1, 0.15) is 5.75 Å². The number of rotatable bonds is 0. The van der Waals surface area contributed by atoms with E-state index in [0.29, 0.717) is 5.75 Å². The lowest BCUT2D eigenvalue weighted by atomic mass is 10.2. The van der Waals surface area contributed by atoms with E-state index in [9.17, 15) is 0 Å². The Balaban J connectivity index is 0.000000292. The summed E-state index contributed by atoms with van der Waals surface area (Å²) in [5.41, 5.74) is 1.17. The van der Waals surface area contributed by atoms with Crippen molar-refractivity contribution in [2.24, 2.45) is 0 Å². The Morgan fingerprint density at radius 3 is 2.00 bits per heavy atom. The number of phenols is 1. The molecule has 0 amide bonds. The molecule has 0 bridgehead atoms. The number of hydrogen-bond acceptors (Lipinski definition) is 2. The lowest BCUT2D eigenvalue weighted by Gasteiger charge is -1.89. The molecular formula is C9H10OS. The minimum absolute atomic E-state index is 0.329. The van der Waals surface area contributed by atoms with Crippen molar-refractivity contribution in [3.63, 3.8) is 0 Å². The van der Waals surface area contributed by atoms with Crippen LogP contribution in [0.25, 0.3) is 0 Å². The standard InChI is InChI=1S/C7H8O.C2H2S/c1-6-2-4-7(8)5-3-6;1-2-3/h2-5,8H,1H3;1H2. The van der Waals surface area contributed by atoms with Crippen LogP contribution in [-0.2, 0) is 0 Å². The summed E-state index contributed by atoms with van der Waals surface area (Å²) in [4.78, 5) is 0. The molecular weight excluding hydrogens is 156 g/mol. The molecule has 0 fully saturated rings. The molecule has 0 saturated carbocycles. The molecule has 0 radical (unpaired) electrons. The lowest BCUT2D eigenvalue weighted by Crippen LogP contribution is -1.66. The van der Waals surface area contributed by atoms with Gasteiger partial charge in [-0.15, -0.1) is 0 Å². The molecule has 58 valence electrons. The first-order valence-corrected chi connectivity index (χ1v) is 3.51. The largest absolute Gasteiger partial charge is 0.508 e. The van der Waals surface area contributed by atoms with Gasteiger partial charge in [0.15, 0.2) is 0 Å². The molecule has 1 rings (SSSR count). The predicted octanol–water partition coefficient (Wildman–Crippen LogP) is 2.47. The second-order valence-corrected chi connectivity index (χ2v) is 2.27. The van der Waals surface area contributed by atoms with Crippen LogP contribution < -0.4 is 0 Å². The Morgan fingerprint density at radius 1 is 1.36 bits per heavy atom. The average Bonchev–Trinajstić information content (AvgIpc) is 1.97. The van der Waals surface area contributed by atoms with Gasteiger partial charge in [-0.25, -0.2) is 0 Å². The van der Waals surface area contributed by atoms with Crippen LogP contribution in [0.2, 0.25) is 0 Å². The molecule has 0 saturated heterocycles. The van der Waals surface area contributed by atoms with Crippen molar-refractivity contribution in [3.8, 4) is 5.75 Å². The molecule has 0 aliphatic heterocycles. The van der Waals surface area contributed by atoms with Crippen LogP contribution in [-0.4, -0.2) is 10.1 Å². The van der Waals surface area contributed by atoms with Gasteiger partial charge in [0.25, 0.3) is 0 Å². The topological polar surface area (TPSA) is 20.2 Å². The summed E-state index contributed by atoms with van der Waals surface area (Å²) in [6, 6.07) is 7.09. The van der Waals surface area contributed by atoms with Gasteiger partial charge in [0.2, 0.25) is 0 Å². The summed E-state index contributed by atoms with van der Waals surface area (Å²) in [5, 5.41) is 10.8. The van der Waals surface area contributed by atoms with Crippen molar-refractivity contribution in [2.75, 3.05) is 0 Å². The van der Waals surface area contributed by atoms with E-state index in [1.807, 2.05) is 19.1 Å². The number of hydrogen-bond donors (Lipinski definition) is 1. The van der Waals surface area contributed by atoms with E-state index in [2.05, 4.69) is 23.8 Å². The maximum Gasteiger partial charge on any atom is 0.115 e. The lowest BCUT2D eigenvalue weighted by molar-refractivity contribution is 0.475. The summed E-state index contributed by atoms with van der Waals surface area (Å²) >= 11 is 4.03. The van der Waals surface area contributed by atoms with Crippen LogP contribution in [0.4, 0.5) is 0 Å². The molecule has 0 aromatic heterocycles. The monoisotopic (exact) mass is 166 g/mol. The van der Waals surface area contributed by atoms with Crippen molar-refractivity contribution in [3.05, 3.63) is 36.4 Å². The van der Waals surface area contributed by atoms with Gasteiger partial charge in [-0.1, -0.05) is 22.7 Å². The fourth-order valence-electron chi connectivity index (χ4n) is 0.545.